The second kappa shape index (κ2) is 7.30. The molecule has 1 atom stereocenters. The molecule has 0 radical (unpaired) electrons. The third kappa shape index (κ3) is 3.87. The molecule has 0 saturated carbocycles. The van der Waals surface area contributed by atoms with Crippen LogP contribution in [0.15, 0.2) is 6.20 Å². The topological polar surface area (TPSA) is 102 Å². The van der Waals surface area contributed by atoms with E-state index in [1.807, 2.05) is 18.5 Å². The minimum absolute atomic E-state index is 0.0815. The molecule has 0 fully saturated rings. The van der Waals surface area contributed by atoms with Crippen LogP contribution >= 0.6 is 11.5 Å². The molecule has 8 nitrogen and oxygen atoms in total. The molecule has 2 amide bonds. The van der Waals surface area contributed by atoms with E-state index in [4.69, 9.17) is 0 Å². The van der Waals surface area contributed by atoms with Gasteiger partial charge in [0.15, 0.2) is 0 Å². The van der Waals surface area contributed by atoms with Crippen molar-refractivity contribution in [3.8, 4) is 0 Å². The Labute approximate surface area is 150 Å². The Morgan fingerprint density at radius 1 is 1.40 bits per heavy atom. The van der Waals surface area contributed by atoms with E-state index in [0.717, 1.165) is 36.6 Å². The summed E-state index contributed by atoms with van der Waals surface area (Å²) in [7, 11) is 0. The van der Waals surface area contributed by atoms with Crippen LogP contribution in [-0.2, 0) is 13.0 Å². The van der Waals surface area contributed by atoms with Gasteiger partial charge in [-0.2, -0.15) is 5.10 Å². The van der Waals surface area contributed by atoms with E-state index >= 15 is 0 Å². The molecule has 0 aliphatic carbocycles. The summed E-state index contributed by atoms with van der Waals surface area (Å²) in [5.41, 5.74) is 2.23. The van der Waals surface area contributed by atoms with Crippen molar-refractivity contribution < 1.29 is 9.59 Å². The van der Waals surface area contributed by atoms with Gasteiger partial charge in [-0.05, 0) is 51.1 Å². The van der Waals surface area contributed by atoms with E-state index in [1.54, 1.807) is 13.1 Å². The summed E-state index contributed by atoms with van der Waals surface area (Å²) >= 11 is 1.11. The molecule has 1 aliphatic rings. The van der Waals surface area contributed by atoms with Crippen molar-refractivity contribution in [3.63, 3.8) is 0 Å². The lowest BCUT2D eigenvalue weighted by molar-refractivity contribution is 0.0931. The third-order valence-corrected chi connectivity index (χ3v) is 5.08. The van der Waals surface area contributed by atoms with Crippen LogP contribution in [0.3, 0.4) is 0 Å². The Bertz CT molecular complexity index is 781. The molecule has 2 aromatic rings. The second-order valence-corrected chi connectivity index (χ2v) is 7.37. The number of carbonyl (C=O) groups excluding carboxylic acids is 2. The molecule has 134 valence electrons. The standard InChI is InChI=1S/C16H22N6O2S/c1-9(2)19-15(23)12-8-18-22-5-4-11(6-13(12)22)7-17-16(24)14-10(3)20-21-25-14/h8-9,11H,4-7H2,1-3H3,(H,17,24)(H,19,23)/t11-/m1/s1. The van der Waals surface area contributed by atoms with Crippen LogP contribution in [0.5, 0.6) is 0 Å². The number of rotatable bonds is 5. The van der Waals surface area contributed by atoms with Gasteiger partial charge in [-0.15, -0.1) is 5.10 Å². The van der Waals surface area contributed by atoms with Gasteiger partial charge in [0.25, 0.3) is 11.8 Å². The molecule has 0 aromatic carbocycles. The van der Waals surface area contributed by atoms with Crippen LogP contribution in [0.1, 0.15) is 51.7 Å². The van der Waals surface area contributed by atoms with Crippen molar-refractivity contribution >= 4 is 23.3 Å². The number of amides is 2. The number of aryl methyl sites for hydroxylation is 2. The fraction of sp³-hybridized carbons (Fsp3) is 0.562. The fourth-order valence-corrected chi connectivity index (χ4v) is 3.53. The van der Waals surface area contributed by atoms with Crippen molar-refractivity contribution in [2.45, 2.75) is 46.2 Å². The van der Waals surface area contributed by atoms with Gasteiger partial charge in [-0.25, -0.2) is 0 Å². The first-order valence-electron chi connectivity index (χ1n) is 8.38. The van der Waals surface area contributed by atoms with Gasteiger partial charge in [0.05, 0.1) is 23.1 Å². The maximum absolute atomic E-state index is 12.3. The highest BCUT2D eigenvalue weighted by Crippen LogP contribution is 2.23. The molecule has 0 unspecified atom stereocenters. The summed E-state index contributed by atoms with van der Waals surface area (Å²) in [6, 6.07) is 0.0815. The van der Waals surface area contributed by atoms with E-state index in [2.05, 4.69) is 25.3 Å². The average molecular weight is 362 g/mol. The van der Waals surface area contributed by atoms with Gasteiger partial charge < -0.3 is 10.6 Å². The SMILES string of the molecule is Cc1nnsc1C(=O)NC[C@@H]1CCn2ncc(C(=O)NC(C)C)c2C1. The van der Waals surface area contributed by atoms with Crippen molar-refractivity contribution in [1.82, 2.24) is 30.0 Å². The van der Waals surface area contributed by atoms with Crippen molar-refractivity contribution in [3.05, 3.63) is 28.0 Å². The van der Waals surface area contributed by atoms with E-state index in [-0.39, 0.29) is 23.8 Å². The zero-order chi connectivity index (χ0) is 18.0. The summed E-state index contributed by atoms with van der Waals surface area (Å²) in [5, 5.41) is 14.1. The first-order chi connectivity index (χ1) is 12.0. The Morgan fingerprint density at radius 3 is 2.88 bits per heavy atom. The van der Waals surface area contributed by atoms with Gasteiger partial charge >= 0.3 is 0 Å². The first kappa shape index (κ1) is 17.5. The highest BCUT2D eigenvalue weighted by molar-refractivity contribution is 7.07. The summed E-state index contributed by atoms with van der Waals surface area (Å²) in [6.07, 6.45) is 3.28. The van der Waals surface area contributed by atoms with Gasteiger partial charge in [-0.1, -0.05) is 4.49 Å². The Balaban J connectivity index is 1.63. The molecule has 0 saturated heterocycles. The highest BCUT2D eigenvalue weighted by Gasteiger charge is 2.26. The van der Waals surface area contributed by atoms with Crippen LogP contribution in [0.2, 0.25) is 0 Å². The molecule has 2 aromatic heterocycles. The molecule has 0 bridgehead atoms. The predicted octanol–water partition coefficient (Wildman–Crippen LogP) is 1.17. The number of hydrogen-bond donors (Lipinski definition) is 2. The normalized spacial score (nSPS) is 16.6. The lowest BCUT2D eigenvalue weighted by Gasteiger charge is -2.24. The molecule has 1 aliphatic heterocycles. The van der Waals surface area contributed by atoms with Crippen LogP contribution in [0.4, 0.5) is 0 Å². The number of hydrogen-bond acceptors (Lipinski definition) is 6. The van der Waals surface area contributed by atoms with E-state index in [0.29, 0.717) is 22.7 Å². The van der Waals surface area contributed by atoms with Crippen LogP contribution in [-0.4, -0.2) is 43.8 Å². The van der Waals surface area contributed by atoms with E-state index in [1.165, 1.54) is 0 Å². The first-order valence-corrected chi connectivity index (χ1v) is 9.15. The Kier molecular flexibility index (Phi) is 5.12. The lowest BCUT2D eigenvalue weighted by atomic mass is 9.94. The van der Waals surface area contributed by atoms with Crippen molar-refractivity contribution in [1.29, 1.82) is 0 Å². The fourth-order valence-electron chi connectivity index (χ4n) is 2.96. The van der Waals surface area contributed by atoms with Crippen LogP contribution < -0.4 is 10.6 Å². The third-order valence-electron chi connectivity index (χ3n) is 4.25. The van der Waals surface area contributed by atoms with Gasteiger partial charge in [-0.3, -0.25) is 14.3 Å². The summed E-state index contributed by atoms with van der Waals surface area (Å²) in [5.74, 6) is 0.0524. The lowest BCUT2D eigenvalue weighted by Crippen LogP contribution is -2.35. The van der Waals surface area contributed by atoms with E-state index in [9.17, 15) is 9.59 Å². The second-order valence-electron chi connectivity index (χ2n) is 6.61. The molecular formula is C16H22N6O2S. The number of nitrogens with zero attached hydrogens (tertiary/aromatic N) is 4. The molecule has 2 N–H and O–H groups in total. The number of fused-ring (bicyclic) bond motifs is 1. The van der Waals surface area contributed by atoms with Crippen molar-refractivity contribution in [2.75, 3.05) is 6.54 Å². The number of carbonyl (C=O) groups is 2. The van der Waals surface area contributed by atoms with Gasteiger partial charge in [0.2, 0.25) is 0 Å². The Hall–Kier alpha value is -2.29. The average Bonchev–Trinajstić information content (AvgIpc) is 3.17. The number of nitrogens with one attached hydrogen (secondary N) is 2. The van der Waals surface area contributed by atoms with Gasteiger partial charge in [0, 0.05) is 19.1 Å². The maximum atomic E-state index is 12.3. The smallest absolute Gasteiger partial charge is 0.264 e. The monoisotopic (exact) mass is 362 g/mol. The van der Waals surface area contributed by atoms with Crippen LogP contribution in [0, 0.1) is 12.8 Å². The zero-order valence-corrected chi connectivity index (χ0v) is 15.4. The molecule has 0 spiro atoms. The molecule has 3 heterocycles. The summed E-state index contributed by atoms with van der Waals surface area (Å²) < 4.78 is 5.68. The predicted molar refractivity (Wildman–Crippen MR) is 93.6 cm³/mol. The van der Waals surface area contributed by atoms with E-state index < -0.39 is 0 Å². The molecular weight excluding hydrogens is 340 g/mol. The molecule has 9 heteroatoms. The maximum Gasteiger partial charge on any atom is 0.264 e. The Morgan fingerprint density at radius 2 is 2.20 bits per heavy atom. The van der Waals surface area contributed by atoms with Gasteiger partial charge in [0.1, 0.15) is 4.88 Å². The molecule has 25 heavy (non-hydrogen) atoms. The zero-order valence-electron chi connectivity index (χ0n) is 14.6. The largest absolute Gasteiger partial charge is 0.351 e. The highest BCUT2D eigenvalue weighted by atomic mass is 32.1. The molecule has 3 rings (SSSR count). The summed E-state index contributed by atoms with van der Waals surface area (Å²) in [6.45, 7) is 6.96. The quantitative estimate of drug-likeness (QED) is 0.831. The number of aromatic nitrogens is 4. The van der Waals surface area contributed by atoms with Crippen molar-refractivity contribution in [2.24, 2.45) is 5.92 Å². The minimum atomic E-state index is -0.135. The minimum Gasteiger partial charge on any atom is -0.351 e. The van der Waals surface area contributed by atoms with Crippen LogP contribution in [0.25, 0.3) is 0 Å². The summed E-state index contributed by atoms with van der Waals surface area (Å²) in [4.78, 5) is 25.1.